The van der Waals surface area contributed by atoms with Gasteiger partial charge in [-0.1, -0.05) is 88.5 Å². The molecular formula is C20H46O. The van der Waals surface area contributed by atoms with Gasteiger partial charge in [0.2, 0.25) is 0 Å². The van der Waals surface area contributed by atoms with Gasteiger partial charge >= 0.3 is 0 Å². The lowest BCUT2D eigenvalue weighted by Gasteiger charge is -2.05. The number of unbranched alkanes of at least 4 members (excludes halogenated alkanes) is 1. The highest BCUT2D eigenvalue weighted by molar-refractivity contribution is 4.46. The highest BCUT2D eigenvalue weighted by Gasteiger charge is 1.95. The van der Waals surface area contributed by atoms with E-state index in [9.17, 15) is 0 Å². The van der Waals surface area contributed by atoms with Gasteiger partial charge in [0.1, 0.15) is 0 Å². The summed E-state index contributed by atoms with van der Waals surface area (Å²) in [5, 5.41) is 0. The molecule has 1 nitrogen and oxygen atoms in total. The van der Waals surface area contributed by atoms with E-state index in [4.69, 9.17) is 4.74 Å². The van der Waals surface area contributed by atoms with Crippen molar-refractivity contribution in [2.75, 3.05) is 13.2 Å². The van der Waals surface area contributed by atoms with Crippen molar-refractivity contribution in [2.24, 2.45) is 23.7 Å². The third-order valence-corrected chi connectivity index (χ3v) is 3.27. The quantitative estimate of drug-likeness (QED) is 0.431. The molecule has 0 saturated heterocycles. The molecule has 21 heavy (non-hydrogen) atoms. The van der Waals surface area contributed by atoms with Gasteiger partial charge in [0.05, 0.1) is 0 Å². The Morgan fingerprint density at radius 3 is 1.33 bits per heavy atom. The molecule has 0 aromatic heterocycles. The van der Waals surface area contributed by atoms with Gasteiger partial charge in [0.25, 0.3) is 0 Å². The van der Waals surface area contributed by atoms with Crippen molar-refractivity contribution in [1.29, 1.82) is 0 Å². The van der Waals surface area contributed by atoms with Gasteiger partial charge in [-0.2, -0.15) is 0 Å². The van der Waals surface area contributed by atoms with Crippen LogP contribution in [0, 0.1) is 23.7 Å². The average Bonchev–Trinajstić information content (AvgIpc) is 2.37. The molecule has 0 N–H and O–H groups in total. The van der Waals surface area contributed by atoms with Crippen LogP contribution in [0.2, 0.25) is 0 Å². The van der Waals surface area contributed by atoms with Gasteiger partial charge in [-0.05, 0) is 30.1 Å². The lowest BCUT2D eigenvalue weighted by atomic mass is 10.0. The molecule has 0 amide bonds. The van der Waals surface area contributed by atoms with E-state index in [1.807, 2.05) is 0 Å². The van der Waals surface area contributed by atoms with Crippen molar-refractivity contribution in [3.8, 4) is 0 Å². The number of rotatable bonds is 8. The second-order valence-electron chi connectivity index (χ2n) is 7.49. The second kappa shape index (κ2) is 20.0. The van der Waals surface area contributed by atoms with Crippen molar-refractivity contribution in [3.63, 3.8) is 0 Å². The highest BCUT2D eigenvalue weighted by Crippen LogP contribution is 2.05. The minimum Gasteiger partial charge on any atom is -0.381 e. The van der Waals surface area contributed by atoms with E-state index >= 15 is 0 Å². The molecule has 0 aromatic rings. The molecule has 0 aliphatic heterocycles. The van der Waals surface area contributed by atoms with Crippen molar-refractivity contribution in [2.45, 2.75) is 94.9 Å². The van der Waals surface area contributed by atoms with Gasteiger partial charge < -0.3 is 4.74 Å². The number of hydrogen-bond donors (Lipinski definition) is 0. The van der Waals surface area contributed by atoms with E-state index in [1.165, 1.54) is 19.3 Å². The van der Waals surface area contributed by atoms with Gasteiger partial charge in [-0.3, -0.25) is 0 Å². The molecule has 0 heterocycles. The third-order valence-electron chi connectivity index (χ3n) is 3.27. The summed E-state index contributed by atoms with van der Waals surface area (Å²) in [4.78, 5) is 0. The first-order chi connectivity index (χ1) is 9.68. The predicted octanol–water partition coefficient (Wildman–Crippen LogP) is 7.20. The Balaban J connectivity index is -0.000000234. The molecule has 0 aliphatic carbocycles. The summed E-state index contributed by atoms with van der Waals surface area (Å²) in [5.74, 6) is 3.29. The molecule has 132 valence electrons. The Morgan fingerprint density at radius 1 is 0.667 bits per heavy atom. The van der Waals surface area contributed by atoms with E-state index in [2.05, 4.69) is 69.2 Å². The smallest absolute Gasteiger partial charge is 0.0488 e. The first-order valence-electron chi connectivity index (χ1n) is 9.26. The third kappa shape index (κ3) is 38.3. The monoisotopic (exact) mass is 302 g/mol. The highest BCUT2D eigenvalue weighted by atomic mass is 16.5. The molecule has 0 rings (SSSR count). The molecule has 0 radical (unpaired) electrons. The largest absolute Gasteiger partial charge is 0.381 e. The first-order valence-corrected chi connectivity index (χ1v) is 9.26. The average molecular weight is 303 g/mol. The molecule has 0 aliphatic rings. The molecule has 0 saturated carbocycles. The maximum Gasteiger partial charge on any atom is 0.0488 e. The number of ether oxygens (including phenoxy) is 1. The number of hydrogen-bond acceptors (Lipinski definition) is 1. The van der Waals surface area contributed by atoms with Crippen LogP contribution in [0.3, 0.4) is 0 Å². The van der Waals surface area contributed by atoms with Crippen LogP contribution in [0.1, 0.15) is 94.9 Å². The summed E-state index contributed by atoms with van der Waals surface area (Å²) in [5.41, 5.74) is 0. The van der Waals surface area contributed by atoms with Crippen LogP contribution in [0.15, 0.2) is 0 Å². The summed E-state index contributed by atoms with van der Waals surface area (Å²) < 4.78 is 5.24. The van der Waals surface area contributed by atoms with Crippen molar-refractivity contribution < 1.29 is 4.74 Å². The van der Waals surface area contributed by atoms with Crippen LogP contribution in [-0.2, 0) is 4.74 Å². The Morgan fingerprint density at radius 2 is 1.14 bits per heavy atom. The lowest BCUT2D eigenvalue weighted by Crippen LogP contribution is -2.01. The van der Waals surface area contributed by atoms with Crippen LogP contribution < -0.4 is 0 Å². The molecule has 0 spiro atoms. The van der Waals surface area contributed by atoms with Crippen LogP contribution in [-0.4, -0.2) is 13.2 Å². The normalized spacial score (nSPS) is 10.6. The fourth-order valence-corrected chi connectivity index (χ4v) is 1.08. The zero-order valence-electron chi connectivity index (χ0n) is 17.0. The van der Waals surface area contributed by atoms with Gasteiger partial charge in [0, 0.05) is 13.2 Å². The Labute approximate surface area is 137 Å². The topological polar surface area (TPSA) is 9.23 Å². The summed E-state index contributed by atoms with van der Waals surface area (Å²) >= 11 is 0. The summed E-state index contributed by atoms with van der Waals surface area (Å²) in [6.07, 6.45) is 5.28. The predicted molar refractivity (Wildman–Crippen MR) is 100.0 cm³/mol. The SMILES string of the molecule is CC(C)C(C)C.CCCCC(C)C.CCCOCC(C)C. The van der Waals surface area contributed by atoms with Crippen molar-refractivity contribution >= 4 is 0 Å². The summed E-state index contributed by atoms with van der Waals surface area (Å²) in [6.45, 7) is 24.0. The van der Waals surface area contributed by atoms with Gasteiger partial charge in [-0.25, -0.2) is 0 Å². The van der Waals surface area contributed by atoms with E-state index in [0.717, 1.165) is 37.4 Å². The fraction of sp³-hybridized carbons (Fsp3) is 1.00. The molecule has 0 aromatic carbocycles. The van der Waals surface area contributed by atoms with Gasteiger partial charge in [0.15, 0.2) is 0 Å². The zero-order chi connectivity index (χ0) is 17.3. The molecule has 1 heteroatoms. The van der Waals surface area contributed by atoms with E-state index in [-0.39, 0.29) is 0 Å². The van der Waals surface area contributed by atoms with E-state index in [0.29, 0.717) is 5.92 Å². The maximum atomic E-state index is 5.24. The molecule has 0 bridgehead atoms. The first kappa shape index (κ1) is 25.9. The summed E-state index contributed by atoms with van der Waals surface area (Å²) in [6, 6.07) is 0. The van der Waals surface area contributed by atoms with Crippen molar-refractivity contribution in [1.82, 2.24) is 0 Å². The summed E-state index contributed by atoms with van der Waals surface area (Å²) in [7, 11) is 0. The van der Waals surface area contributed by atoms with Crippen LogP contribution in [0.5, 0.6) is 0 Å². The second-order valence-corrected chi connectivity index (χ2v) is 7.49. The Hall–Kier alpha value is -0.0400. The maximum absolute atomic E-state index is 5.24. The Bertz CT molecular complexity index is 153. The minimum absolute atomic E-state index is 0.682. The molecule has 0 fully saturated rings. The van der Waals surface area contributed by atoms with Crippen molar-refractivity contribution in [3.05, 3.63) is 0 Å². The molecular weight excluding hydrogens is 256 g/mol. The van der Waals surface area contributed by atoms with E-state index < -0.39 is 0 Å². The fourth-order valence-electron chi connectivity index (χ4n) is 1.08. The minimum atomic E-state index is 0.682. The van der Waals surface area contributed by atoms with Gasteiger partial charge in [-0.15, -0.1) is 0 Å². The van der Waals surface area contributed by atoms with E-state index in [1.54, 1.807) is 0 Å². The molecule has 0 atom stereocenters. The standard InChI is InChI=1S/C7H16O.C7H16.C6H14/c1-4-5-8-6-7(2)3;1-4-5-6-7(2)3;1-5(2)6(3)4/h7H,4-6H2,1-3H3;7H,4-6H2,1-3H3;5-6H,1-4H3. The van der Waals surface area contributed by atoms with Crippen LogP contribution in [0.25, 0.3) is 0 Å². The van der Waals surface area contributed by atoms with Crippen LogP contribution in [0.4, 0.5) is 0 Å². The lowest BCUT2D eigenvalue weighted by molar-refractivity contribution is 0.110. The Kier molecular flexibility index (Phi) is 24.6. The molecule has 0 unspecified atom stereocenters. The zero-order valence-corrected chi connectivity index (χ0v) is 17.0. The van der Waals surface area contributed by atoms with Crippen LogP contribution >= 0.6 is 0 Å².